The van der Waals surface area contributed by atoms with Crippen molar-refractivity contribution in [1.82, 2.24) is 4.90 Å². The maximum Gasteiger partial charge on any atom is 0.323 e. The summed E-state index contributed by atoms with van der Waals surface area (Å²) in [6.45, 7) is 3.75. The van der Waals surface area contributed by atoms with Crippen molar-refractivity contribution >= 4 is 11.9 Å². The average Bonchev–Trinajstić information content (AvgIpc) is 2.28. The topological polar surface area (TPSA) is 57.6 Å². The first-order chi connectivity index (χ1) is 8.06. The fourth-order valence-electron chi connectivity index (χ4n) is 1.70. The highest BCUT2D eigenvalue weighted by Crippen LogP contribution is 2.15. The minimum absolute atomic E-state index is 0.0633. The summed E-state index contributed by atoms with van der Waals surface area (Å²) in [5, 5.41) is 8.73. The van der Waals surface area contributed by atoms with E-state index < -0.39 is 5.97 Å². The molecule has 0 saturated carbocycles. The highest BCUT2D eigenvalue weighted by atomic mass is 16.4. The summed E-state index contributed by atoms with van der Waals surface area (Å²) >= 11 is 0. The highest BCUT2D eigenvalue weighted by Gasteiger charge is 2.23. The maximum absolute atomic E-state index is 12.1. The number of carbonyl (C=O) groups is 2. The molecular weight excluding hydrogens is 218 g/mol. The van der Waals surface area contributed by atoms with E-state index in [0.717, 1.165) is 25.7 Å². The van der Waals surface area contributed by atoms with Gasteiger partial charge in [0.2, 0.25) is 5.91 Å². The highest BCUT2D eigenvalue weighted by molar-refractivity contribution is 5.83. The quantitative estimate of drug-likeness (QED) is 0.656. The largest absolute Gasteiger partial charge is 0.480 e. The molecule has 1 N–H and O–H groups in total. The molecule has 1 atom stereocenters. The van der Waals surface area contributed by atoms with Gasteiger partial charge in [0.05, 0.1) is 6.54 Å². The van der Waals surface area contributed by atoms with Crippen molar-refractivity contribution in [3.05, 3.63) is 0 Å². The second-order valence-corrected chi connectivity index (χ2v) is 4.04. The number of rotatable bonds is 8. The molecule has 0 fully saturated rings. The summed E-state index contributed by atoms with van der Waals surface area (Å²) in [6.07, 6.45) is 8.67. The summed E-state index contributed by atoms with van der Waals surface area (Å²) in [5.74, 6) is 1.06. The summed E-state index contributed by atoms with van der Waals surface area (Å²) in [4.78, 5) is 24.0. The van der Waals surface area contributed by atoms with Crippen LogP contribution >= 0.6 is 0 Å². The Morgan fingerprint density at radius 1 is 1.41 bits per heavy atom. The molecule has 4 nitrogen and oxygen atoms in total. The van der Waals surface area contributed by atoms with Gasteiger partial charge in [-0.25, -0.2) is 0 Å². The SMILES string of the molecule is C#CCN(CC(=O)O)C(=O)C(CC)CCCC. The van der Waals surface area contributed by atoms with E-state index in [1.54, 1.807) is 0 Å². The van der Waals surface area contributed by atoms with Gasteiger partial charge >= 0.3 is 5.97 Å². The monoisotopic (exact) mass is 239 g/mol. The zero-order chi connectivity index (χ0) is 13.3. The smallest absolute Gasteiger partial charge is 0.323 e. The van der Waals surface area contributed by atoms with Gasteiger partial charge in [-0.2, -0.15) is 0 Å². The number of amides is 1. The molecule has 1 unspecified atom stereocenters. The molecule has 0 radical (unpaired) electrons. The van der Waals surface area contributed by atoms with Crippen LogP contribution in [0, 0.1) is 18.3 Å². The van der Waals surface area contributed by atoms with Crippen LogP contribution < -0.4 is 0 Å². The van der Waals surface area contributed by atoms with E-state index in [1.165, 1.54) is 4.90 Å². The number of unbranched alkanes of at least 4 members (excludes halogenated alkanes) is 1. The Hall–Kier alpha value is -1.50. The molecule has 0 spiro atoms. The summed E-state index contributed by atoms with van der Waals surface area (Å²) in [5.41, 5.74) is 0. The van der Waals surface area contributed by atoms with Crippen molar-refractivity contribution in [1.29, 1.82) is 0 Å². The third-order valence-corrected chi connectivity index (χ3v) is 2.67. The first-order valence-corrected chi connectivity index (χ1v) is 6.00. The second-order valence-electron chi connectivity index (χ2n) is 4.04. The van der Waals surface area contributed by atoms with Crippen molar-refractivity contribution in [2.24, 2.45) is 5.92 Å². The predicted molar refractivity (Wildman–Crippen MR) is 66.4 cm³/mol. The van der Waals surface area contributed by atoms with Crippen LogP contribution in [0.1, 0.15) is 39.5 Å². The van der Waals surface area contributed by atoms with Crippen LogP contribution in [-0.4, -0.2) is 35.0 Å². The van der Waals surface area contributed by atoms with Gasteiger partial charge in [-0.15, -0.1) is 6.42 Å². The fraction of sp³-hybridized carbons (Fsp3) is 0.692. The van der Waals surface area contributed by atoms with Crippen molar-refractivity contribution in [3.63, 3.8) is 0 Å². The van der Waals surface area contributed by atoms with E-state index in [1.807, 2.05) is 6.92 Å². The van der Waals surface area contributed by atoms with Gasteiger partial charge in [-0.1, -0.05) is 32.6 Å². The van der Waals surface area contributed by atoms with E-state index in [-0.39, 0.29) is 24.9 Å². The zero-order valence-corrected chi connectivity index (χ0v) is 10.6. The molecule has 0 saturated heterocycles. The van der Waals surface area contributed by atoms with Crippen molar-refractivity contribution in [2.45, 2.75) is 39.5 Å². The van der Waals surface area contributed by atoms with Gasteiger partial charge in [0.15, 0.2) is 0 Å². The molecule has 96 valence electrons. The van der Waals surface area contributed by atoms with Crippen LogP contribution in [0.15, 0.2) is 0 Å². The molecule has 0 aromatic rings. The molecule has 0 aliphatic rings. The number of hydrogen-bond acceptors (Lipinski definition) is 2. The number of aliphatic carboxylic acids is 1. The van der Waals surface area contributed by atoms with Crippen LogP contribution in [0.5, 0.6) is 0 Å². The minimum atomic E-state index is -1.03. The first kappa shape index (κ1) is 15.5. The molecule has 4 heteroatoms. The maximum atomic E-state index is 12.1. The standard InChI is InChI=1S/C13H21NO3/c1-4-7-8-11(6-3)13(17)14(9-5-2)10-12(15)16/h2,11H,4,6-10H2,1,3H3,(H,15,16). The van der Waals surface area contributed by atoms with E-state index in [2.05, 4.69) is 12.8 Å². The third-order valence-electron chi connectivity index (χ3n) is 2.67. The molecular formula is C13H21NO3. The first-order valence-electron chi connectivity index (χ1n) is 6.00. The fourth-order valence-corrected chi connectivity index (χ4v) is 1.70. The normalized spacial score (nSPS) is 11.6. The molecule has 0 bridgehead atoms. The Kier molecular flexibility index (Phi) is 7.87. The Balaban J connectivity index is 4.55. The van der Waals surface area contributed by atoms with Gasteiger partial charge in [0.1, 0.15) is 6.54 Å². The number of carbonyl (C=O) groups excluding carboxylic acids is 1. The van der Waals surface area contributed by atoms with E-state index in [9.17, 15) is 9.59 Å². The third kappa shape index (κ3) is 5.96. The molecule has 0 aromatic carbocycles. The van der Waals surface area contributed by atoms with Crippen LogP contribution in [-0.2, 0) is 9.59 Å². The summed E-state index contributed by atoms with van der Waals surface area (Å²) < 4.78 is 0. The predicted octanol–water partition coefficient (Wildman–Crippen LogP) is 1.75. The lowest BCUT2D eigenvalue weighted by atomic mass is 9.97. The van der Waals surface area contributed by atoms with E-state index in [4.69, 9.17) is 11.5 Å². The lowest BCUT2D eigenvalue weighted by molar-refractivity contribution is -0.146. The number of nitrogens with zero attached hydrogens (tertiary/aromatic N) is 1. The number of hydrogen-bond donors (Lipinski definition) is 1. The number of carboxylic acids is 1. The minimum Gasteiger partial charge on any atom is -0.480 e. The van der Waals surface area contributed by atoms with Crippen LogP contribution in [0.4, 0.5) is 0 Å². The van der Waals surface area contributed by atoms with Gasteiger partial charge in [-0.05, 0) is 12.8 Å². The Labute approximate surface area is 103 Å². The molecule has 0 heterocycles. The number of terminal acetylenes is 1. The Bertz CT molecular complexity index is 294. The Morgan fingerprint density at radius 2 is 2.06 bits per heavy atom. The zero-order valence-electron chi connectivity index (χ0n) is 10.6. The molecule has 1 amide bonds. The molecule has 17 heavy (non-hydrogen) atoms. The van der Waals surface area contributed by atoms with Gasteiger partial charge in [0, 0.05) is 5.92 Å². The van der Waals surface area contributed by atoms with Crippen LogP contribution in [0.2, 0.25) is 0 Å². The van der Waals surface area contributed by atoms with Crippen molar-refractivity contribution in [2.75, 3.05) is 13.1 Å². The van der Waals surface area contributed by atoms with E-state index >= 15 is 0 Å². The van der Waals surface area contributed by atoms with Crippen molar-refractivity contribution in [3.8, 4) is 12.3 Å². The summed E-state index contributed by atoms with van der Waals surface area (Å²) in [7, 11) is 0. The molecule has 0 rings (SSSR count). The molecule has 0 aromatic heterocycles. The van der Waals surface area contributed by atoms with Crippen LogP contribution in [0.25, 0.3) is 0 Å². The lowest BCUT2D eigenvalue weighted by Crippen LogP contribution is -2.39. The van der Waals surface area contributed by atoms with Crippen LogP contribution in [0.3, 0.4) is 0 Å². The van der Waals surface area contributed by atoms with Crippen molar-refractivity contribution < 1.29 is 14.7 Å². The molecule has 0 aliphatic heterocycles. The summed E-state index contributed by atoms with van der Waals surface area (Å²) in [6, 6.07) is 0. The van der Waals surface area contributed by atoms with Gasteiger partial charge < -0.3 is 10.0 Å². The second kappa shape index (κ2) is 8.63. The average molecular weight is 239 g/mol. The van der Waals surface area contributed by atoms with E-state index in [0.29, 0.717) is 0 Å². The van der Waals surface area contributed by atoms with Gasteiger partial charge in [0.25, 0.3) is 0 Å². The lowest BCUT2D eigenvalue weighted by Gasteiger charge is -2.23. The van der Waals surface area contributed by atoms with Gasteiger partial charge in [-0.3, -0.25) is 9.59 Å². The number of carboxylic acid groups (broad SMARTS) is 1. The molecule has 0 aliphatic carbocycles. The Morgan fingerprint density at radius 3 is 2.47 bits per heavy atom.